The number of rotatable bonds is 4. The Morgan fingerprint density at radius 2 is 2.17 bits per heavy atom. The van der Waals surface area contributed by atoms with Crippen LogP contribution in [0.5, 0.6) is 0 Å². The van der Waals surface area contributed by atoms with Crippen molar-refractivity contribution < 1.29 is 8.78 Å². The molecule has 2 rings (SSSR count). The zero-order chi connectivity index (χ0) is 13.1. The molecule has 7 heteroatoms. The number of nitrogens with one attached hydrogen (secondary N) is 1. The minimum absolute atomic E-state index is 0.198. The maximum atomic E-state index is 12.7. The van der Waals surface area contributed by atoms with Gasteiger partial charge < -0.3 is 5.32 Å². The minimum Gasteiger partial charge on any atom is -0.366 e. The van der Waals surface area contributed by atoms with Crippen molar-refractivity contribution in [3.63, 3.8) is 0 Å². The van der Waals surface area contributed by atoms with E-state index in [0.717, 1.165) is 5.69 Å². The van der Waals surface area contributed by atoms with E-state index in [-0.39, 0.29) is 12.2 Å². The fourth-order valence-corrected chi connectivity index (χ4v) is 1.61. The first-order valence-corrected chi connectivity index (χ1v) is 5.39. The van der Waals surface area contributed by atoms with Crippen LogP contribution in [0.4, 0.5) is 14.6 Å². The minimum atomic E-state index is -2.57. The normalized spacial score (nSPS) is 10.9. The van der Waals surface area contributed by atoms with Crippen LogP contribution in [0.1, 0.15) is 23.4 Å². The third-order valence-corrected chi connectivity index (χ3v) is 2.41. The number of aryl methyl sites for hydroxylation is 2. The van der Waals surface area contributed by atoms with Gasteiger partial charge in [-0.3, -0.25) is 4.68 Å². The zero-order valence-electron chi connectivity index (χ0n) is 10.1. The number of alkyl halides is 2. The van der Waals surface area contributed by atoms with Crippen molar-refractivity contribution >= 4 is 5.82 Å². The Labute approximate surface area is 103 Å². The molecule has 0 bridgehead atoms. The average molecular weight is 253 g/mol. The molecule has 18 heavy (non-hydrogen) atoms. The molecule has 0 aromatic carbocycles. The molecule has 2 heterocycles. The lowest BCUT2D eigenvalue weighted by Crippen LogP contribution is -2.04. The summed E-state index contributed by atoms with van der Waals surface area (Å²) in [6.45, 7) is 2.09. The van der Waals surface area contributed by atoms with Gasteiger partial charge >= 0.3 is 0 Å². The highest BCUT2D eigenvalue weighted by Crippen LogP contribution is 2.21. The van der Waals surface area contributed by atoms with Gasteiger partial charge in [0.25, 0.3) is 6.43 Å². The van der Waals surface area contributed by atoms with Crippen molar-refractivity contribution in [3.05, 3.63) is 35.5 Å². The monoisotopic (exact) mass is 253 g/mol. The third-order valence-electron chi connectivity index (χ3n) is 2.41. The molecular weight excluding hydrogens is 240 g/mol. The highest BCUT2D eigenvalue weighted by atomic mass is 19.3. The van der Waals surface area contributed by atoms with Crippen molar-refractivity contribution in [1.29, 1.82) is 0 Å². The van der Waals surface area contributed by atoms with Crippen molar-refractivity contribution in [1.82, 2.24) is 19.7 Å². The highest BCUT2D eigenvalue weighted by Gasteiger charge is 2.17. The number of anilines is 1. The van der Waals surface area contributed by atoms with Crippen molar-refractivity contribution in [2.24, 2.45) is 7.05 Å². The smallest absolute Gasteiger partial charge is 0.282 e. The summed E-state index contributed by atoms with van der Waals surface area (Å²) in [6.07, 6.45) is 0.424. The van der Waals surface area contributed by atoms with Gasteiger partial charge in [-0.05, 0) is 6.92 Å². The molecule has 0 spiro atoms. The quantitative estimate of drug-likeness (QED) is 0.906. The van der Waals surface area contributed by atoms with Gasteiger partial charge in [0.2, 0.25) is 0 Å². The van der Waals surface area contributed by atoms with Crippen LogP contribution in [0.3, 0.4) is 0 Å². The van der Waals surface area contributed by atoms with Crippen molar-refractivity contribution in [2.75, 3.05) is 5.32 Å². The molecule has 0 radical (unpaired) electrons. The second-order valence-electron chi connectivity index (χ2n) is 3.91. The fraction of sp³-hybridized carbons (Fsp3) is 0.364. The van der Waals surface area contributed by atoms with E-state index < -0.39 is 6.43 Å². The van der Waals surface area contributed by atoms with Crippen LogP contribution in [0.15, 0.2) is 18.6 Å². The molecule has 96 valence electrons. The van der Waals surface area contributed by atoms with Gasteiger partial charge in [0.1, 0.15) is 17.8 Å². The van der Waals surface area contributed by atoms with E-state index >= 15 is 0 Å². The molecule has 0 saturated heterocycles. The van der Waals surface area contributed by atoms with Crippen LogP contribution in [0.2, 0.25) is 0 Å². The summed E-state index contributed by atoms with van der Waals surface area (Å²) in [6, 6.07) is 1.75. The van der Waals surface area contributed by atoms with Gasteiger partial charge in [-0.1, -0.05) is 0 Å². The standard InChI is InChI=1S/C11H13F2N5/c1-7-3-9(16-6-15-7)14-4-8-5-18(2)17-10(8)11(12)13/h3,5-6,11H,4H2,1-2H3,(H,14,15,16). The zero-order valence-corrected chi connectivity index (χ0v) is 10.1. The summed E-state index contributed by atoms with van der Waals surface area (Å²) in [7, 11) is 1.62. The predicted molar refractivity (Wildman–Crippen MR) is 62.3 cm³/mol. The van der Waals surface area contributed by atoms with E-state index in [0.29, 0.717) is 11.4 Å². The van der Waals surface area contributed by atoms with Gasteiger partial charge in [0.15, 0.2) is 0 Å². The summed E-state index contributed by atoms with van der Waals surface area (Å²) in [4.78, 5) is 7.96. The van der Waals surface area contributed by atoms with Gasteiger partial charge in [-0.25, -0.2) is 18.7 Å². The molecule has 0 aliphatic carbocycles. The Balaban J connectivity index is 2.10. The lowest BCUT2D eigenvalue weighted by Gasteiger charge is -2.05. The van der Waals surface area contributed by atoms with Gasteiger partial charge in [0, 0.05) is 37.1 Å². The fourth-order valence-electron chi connectivity index (χ4n) is 1.61. The topological polar surface area (TPSA) is 55.6 Å². The van der Waals surface area contributed by atoms with Crippen molar-refractivity contribution in [2.45, 2.75) is 19.9 Å². The summed E-state index contributed by atoms with van der Waals surface area (Å²) < 4.78 is 26.8. The first kappa shape index (κ1) is 12.4. The van der Waals surface area contributed by atoms with Crippen LogP contribution in [-0.2, 0) is 13.6 Å². The lowest BCUT2D eigenvalue weighted by molar-refractivity contribution is 0.144. The van der Waals surface area contributed by atoms with Crippen molar-refractivity contribution in [3.8, 4) is 0 Å². The molecule has 0 aliphatic rings. The molecule has 5 nitrogen and oxygen atoms in total. The Morgan fingerprint density at radius 1 is 1.39 bits per heavy atom. The Kier molecular flexibility index (Phi) is 3.50. The highest BCUT2D eigenvalue weighted by molar-refractivity contribution is 5.36. The number of hydrogen-bond donors (Lipinski definition) is 1. The second-order valence-corrected chi connectivity index (χ2v) is 3.91. The first-order valence-electron chi connectivity index (χ1n) is 5.39. The molecule has 0 amide bonds. The molecule has 0 saturated carbocycles. The Bertz CT molecular complexity index is 538. The Hall–Kier alpha value is -2.05. The van der Waals surface area contributed by atoms with Gasteiger partial charge in [-0.15, -0.1) is 0 Å². The van der Waals surface area contributed by atoms with E-state index in [1.807, 2.05) is 6.92 Å². The summed E-state index contributed by atoms with van der Waals surface area (Å²) in [5, 5.41) is 6.71. The molecular formula is C11H13F2N5. The lowest BCUT2D eigenvalue weighted by atomic mass is 10.2. The average Bonchev–Trinajstić information content (AvgIpc) is 2.68. The largest absolute Gasteiger partial charge is 0.366 e. The van der Waals surface area contributed by atoms with E-state index in [9.17, 15) is 8.78 Å². The maximum absolute atomic E-state index is 12.7. The summed E-state index contributed by atoms with van der Waals surface area (Å²) >= 11 is 0. The third kappa shape index (κ3) is 2.79. The summed E-state index contributed by atoms with van der Waals surface area (Å²) in [5.74, 6) is 0.603. The Morgan fingerprint density at radius 3 is 2.83 bits per heavy atom. The van der Waals surface area contributed by atoms with Crippen LogP contribution in [0, 0.1) is 6.92 Å². The number of aromatic nitrogens is 4. The van der Waals surface area contributed by atoms with E-state index in [1.54, 1.807) is 19.3 Å². The van der Waals surface area contributed by atoms with Crippen LogP contribution < -0.4 is 5.32 Å². The van der Waals surface area contributed by atoms with E-state index in [4.69, 9.17) is 0 Å². The van der Waals surface area contributed by atoms with E-state index in [1.165, 1.54) is 11.0 Å². The molecule has 0 atom stereocenters. The molecule has 0 aliphatic heterocycles. The summed E-state index contributed by atoms with van der Waals surface area (Å²) in [5.41, 5.74) is 1.08. The maximum Gasteiger partial charge on any atom is 0.282 e. The van der Waals surface area contributed by atoms with Crippen LogP contribution in [-0.4, -0.2) is 19.7 Å². The van der Waals surface area contributed by atoms with E-state index in [2.05, 4.69) is 20.4 Å². The second kappa shape index (κ2) is 5.07. The molecule has 1 N–H and O–H groups in total. The van der Waals surface area contributed by atoms with Gasteiger partial charge in [-0.2, -0.15) is 5.10 Å². The SMILES string of the molecule is Cc1cc(NCc2cn(C)nc2C(F)F)ncn1. The number of nitrogens with zero attached hydrogens (tertiary/aromatic N) is 4. The van der Waals surface area contributed by atoms with Gasteiger partial charge in [0.05, 0.1) is 0 Å². The number of halogens is 2. The van der Waals surface area contributed by atoms with Crippen LogP contribution in [0.25, 0.3) is 0 Å². The van der Waals surface area contributed by atoms with Crippen LogP contribution >= 0.6 is 0 Å². The molecule has 0 fully saturated rings. The molecule has 0 unspecified atom stereocenters. The first-order chi connectivity index (χ1) is 8.56. The molecule has 2 aromatic heterocycles. The molecule has 2 aromatic rings. The number of hydrogen-bond acceptors (Lipinski definition) is 4. The predicted octanol–water partition coefficient (Wildman–Crippen LogP) is 2.07.